The smallest absolute Gasteiger partial charge is 0.257 e. The van der Waals surface area contributed by atoms with Crippen molar-refractivity contribution in [3.8, 4) is 0 Å². The number of fused-ring (bicyclic) bond motifs is 1. The molecule has 1 fully saturated rings. The van der Waals surface area contributed by atoms with Gasteiger partial charge in [0.15, 0.2) is 0 Å². The second-order valence-corrected chi connectivity index (χ2v) is 6.60. The van der Waals surface area contributed by atoms with Crippen LogP contribution < -0.4 is 0 Å². The first-order valence-electron chi connectivity index (χ1n) is 8.39. The van der Waals surface area contributed by atoms with Gasteiger partial charge in [0.2, 0.25) is 0 Å². The molecule has 0 radical (unpaired) electrons. The van der Waals surface area contributed by atoms with Crippen LogP contribution in [0.25, 0.3) is 11.0 Å². The third-order valence-electron chi connectivity index (χ3n) is 4.83. The number of likely N-dealkylation sites (tertiary alicyclic amines) is 1. The van der Waals surface area contributed by atoms with E-state index in [1.807, 2.05) is 24.3 Å². The van der Waals surface area contributed by atoms with E-state index < -0.39 is 0 Å². The minimum atomic E-state index is 0.0944. The molecule has 124 valence electrons. The standard InChI is InChI=1S/C18H21N5O/c1-22-12-16(11-21-22)18(24)23-6-3-13(4-7-23)8-14-9-15-2-5-19-17(15)20-10-14/h2,5,9-13H,3-4,6-8H2,1H3,(H,19,20). The quantitative estimate of drug-likeness (QED) is 0.805. The molecule has 6 heteroatoms. The van der Waals surface area contributed by atoms with Crippen LogP contribution in [0.1, 0.15) is 28.8 Å². The number of hydrogen-bond donors (Lipinski definition) is 1. The number of hydrogen-bond acceptors (Lipinski definition) is 3. The van der Waals surface area contributed by atoms with Gasteiger partial charge in [-0.3, -0.25) is 9.48 Å². The third kappa shape index (κ3) is 2.91. The van der Waals surface area contributed by atoms with E-state index >= 15 is 0 Å². The highest BCUT2D eigenvalue weighted by molar-refractivity contribution is 5.93. The number of nitrogens with one attached hydrogen (secondary N) is 1. The van der Waals surface area contributed by atoms with E-state index in [1.54, 1.807) is 17.1 Å². The normalized spacial score (nSPS) is 16.0. The van der Waals surface area contributed by atoms with Crippen molar-refractivity contribution in [2.75, 3.05) is 13.1 Å². The van der Waals surface area contributed by atoms with E-state index in [-0.39, 0.29) is 5.91 Å². The maximum atomic E-state index is 12.5. The van der Waals surface area contributed by atoms with Crippen molar-refractivity contribution in [1.29, 1.82) is 0 Å². The SMILES string of the molecule is Cn1cc(C(=O)N2CCC(Cc3cnc4[nH]ccc4c3)CC2)cn1. The summed E-state index contributed by atoms with van der Waals surface area (Å²) in [6, 6.07) is 4.27. The summed E-state index contributed by atoms with van der Waals surface area (Å²) in [4.78, 5) is 22.0. The molecule has 0 atom stereocenters. The van der Waals surface area contributed by atoms with E-state index in [2.05, 4.69) is 27.2 Å². The average molecular weight is 323 g/mol. The van der Waals surface area contributed by atoms with E-state index in [4.69, 9.17) is 0 Å². The summed E-state index contributed by atoms with van der Waals surface area (Å²) in [7, 11) is 1.83. The number of piperidine rings is 1. The lowest BCUT2D eigenvalue weighted by molar-refractivity contribution is 0.0690. The first kappa shape index (κ1) is 14.9. The Kier molecular flexibility index (Phi) is 3.80. The Hall–Kier alpha value is -2.63. The Morgan fingerprint density at radius 1 is 1.33 bits per heavy atom. The zero-order chi connectivity index (χ0) is 16.5. The molecule has 0 aromatic carbocycles. The van der Waals surface area contributed by atoms with Gasteiger partial charge in [0.1, 0.15) is 5.65 Å². The predicted molar refractivity (Wildman–Crippen MR) is 91.6 cm³/mol. The third-order valence-corrected chi connectivity index (χ3v) is 4.83. The van der Waals surface area contributed by atoms with Gasteiger partial charge in [-0.2, -0.15) is 5.10 Å². The summed E-state index contributed by atoms with van der Waals surface area (Å²) in [6.07, 6.45) is 10.4. The largest absolute Gasteiger partial charge is 0.346 e. The number of pyridine rings is 1. The molecular formula is C18H21N5O. The highest BCUT2D eigenvalue weighted by atomic mass is 16.2. The summed E-state index contributed by atoms with van der Waals surface area (Å²) < 4.78 is 1.67. The number of aryl methyl sites for hydroxylation is 1. The van der Waals surface area contributed by atoms with Crippen LogP contribution >= 0.6 is 0 Å². The van der Waals surface area contributed by atoms with Gasteiger partial charge in [0.25, 0.3) is 5.91 Å². The van der Waals surface area contributed by atoms with Gasteiger partial charge in [0.05, 0.1) is 11.8 Å². The molecule has 1 N–H and O–H groups in total. The molecule has 3 aromatic rings. The average Bonchev–Trinajstić information content (AvgIpc) is 3.23. The Labute approximate surface area is 140 Å². The van der Waals surface area contributed by atoms with Crippen LogP contribution in [0.2, 0.25) is 0 Å². The van der Waals surface area contributed by atoms with Crippen LogP contribution in [0.15, 0.2) is 36.9 Å². The van der Waals surface area contributed by atoms with Gasteiger partial charge in [-0.1, -0.05) is 0 Å². The minimum absolute atomic E-state index is 0.0944. The Bertz CT molecular complexity index is 857. The fraction of sp³-hybridized carbons (Fsp3) is 0.389. The van der Waals surface area contributed by atoms with Crippen LogP contribution in [-0.2, 0) is 13.5 Å². The molecule has 1 aliphatic rings. The topological polar surface area (TPSA) is 66.8 Å². The summed E-state index contributed by atoms with van der Waals surface area (Å²) in [5.41, 5.74) is 2.90. The van der Waals surface area contributed by atoms with E-state index in [9.17, 15) is 4.79 Å². The molecular weight excluding hydrogens is 302 g/mol. The van der Waals surface area contributed by atoms with Gasteiger partial charge in [-0.05, 0) is 42.9 Å². The van der Waals surface area contributed by atoms with Crippen molar-refractivity contribution in [1.82, 2.24) is 24.6 Å². The molecule has 1 aliphatic heterocycles. The van der Waals surface area contributed by atoms with Crippen LogP contribution in [0.3, 0.4) is 0 Å². The molecule has 24 heavy (non-hydrogen) atoms. The summed E-state index contributed by atoms with van der Waals surface area (Å²) in [5.74, 6) is 0.707. The summed E-state index contributed by atoms with van der Waals surface area (Å²) >= 11 is 0. The number of aromatic nitrogens is 4. The van der Waals surface area contributed by atoms with E-state index in [1.165, 1.54) is 5.56 Å². The first-order valence-corrected chi connectivity index (χ1v) is 8.39. The Morgan fingerprint density at radius 2 is 2.17 bits per heavy atom. The first-order chi connectivity index (χ1) is 11.7. The van der Waals surface area contributed by atoms with Crippen molar-refractivity contribution >= 4 is 16.9 Å². The zero-order valence-corrected chi connectivity index (χ0v) is 13.8. The number of H-pyrrole nitrogens is 1. The van der Waals surface area contributed by atoms with Gasteiger partial charge in [0, 0.05) is 44.1 Å². The number of nitrogens with zero attached hydrogens (tertiary/aromatic N) is 4. The van der Waals surface area contributed by atoms with Crippen LogP contribution in [0.5, 0.6) is 0 Å². The number of amides is 1. The Morgan fingerprint density at radius 3 is 2.92 bits per heavy atom. The molecule has 3 aromatic heterocycles. The number of rotatable bonds is 3. The van der Waals surface area contributed by atoms with Crippen molar-refractivity contribution in [2.24, 2.45) is 13.0 Å². The monoisotopic (exact) mass is 323 g/mol. The zero-order valence-electron chi connectivity index (χ0n) is 13.8. The number of carbonyl (C=O) groups excluding carboxylic acids is 1. The highest BCUT2D eigenvalue weighted by Gasteiger charge is 2.24. The molecule has 0 unspecified atom stereocenters. The molecule has 0 aliphatic carbocycles. The maximum absolute atomic E-state index is 12.5. The van der Waals surface area contributed by atoms with Crippen molar-refractivity contribution < 1.29 is 4.79 Å². The van der Waals surface area contributed by atoms with Crippen molar-refractivity contribution in [2.45, 2.75) is 19.3 Å². The van der Waals surface area contributed by atoms with Crippen molar-refractivity contribution in [3.05, 3.63) is 48.0 Å². The summed E-state index contributed by atoms with van der Waals surface area (Å²) in [6.45, 7) is 1.64. The molecule has 1 saturated heterocycles. The molecule has 6 nitrogen and oxygen atoms in total. The number of aromatic amines is 1. The molecule has 0 spiro atoms. The van der Waals surface area contributed by atoms with Crippen LogP contribution in [0, 0.1) is 5.92 Å². The van der Waals surface area contributed by atoms with Crippen molar-refractivity contribution in [3.63, 3.8) is 0 Å². The molecule has 0 saturated carbocycles. The molecule has 4 heterocycles. The fourth-order valence-corrected chi connectivity index (χ4v) is 3.48. The lowest BCUT2D eigenvalue weighted by Gasteiger charge is -2.31. The minimum Gasteiger partial charge on any atom is -0.346 e. The fourth-order valence-electron chi connectivity index (χ4n) is 3.48. The predicted octanol–water partition coefficient (Wildman–Crippen LogP) is 2.39. The summed E-state index contributed by atoms with van der Waals surface area (Å²) in [5, 5.41) is 5.25. The molecule has 4 rings (SSSR count). The molecule has 0 bridgehead atoms. The van der Waals surface area contributed by atoms with E-state index in [0.29, 0.717) is 11.5 Å². The number of carbonyl (C=O) groups is 1. The second-order valence-electron chi connectivity index (χ2n) is 6.60. The highest BCUT2D eigenvalue weighted by Crippen LogP contribution is 2.23. The van der Waals surface area contributed by atoms with Gasteiger partial charge < -0.3 is 9.88 Å². The van der Waals surface area contributed by atoms with Crippen LogP contribution in [-0.4, -0.2) is 43.6 Å². The van der Waals surface area contributed by atoms with Gasteiger partial charge in [-0.25, -0.2) is 4.98 Å². The van der Waals surface area contributed by atoms with E-state index in [0.717, 1.165) is 43.4 Å². The van der Waals surface area contributed by atoms with Gasteiger partial charge >= 0.3 is 0 Å². The lowest BCUT2D eigenvalue weighted by atomic mass is 9.90. The Balaban J connectivity index is 1.36. The maximum Gasteiger partial charge on any atom is 0.257 e. The van der Waals surface area contributed by atoms with Gasteiger partial charge in [-0.15, -0.1) is 0 Å². The molecule has 1 amide bonds. The second kappa shape index (κ2) is 6.11. The lowest BCUT2D eigenvalue weighted by Crippen LogP contribution is -2.38. The van der Waals surface area contributed by atoms with Crippen LogP contribution in [0.4, 0.5) is 0 Å².